The first-order chi connectivity index (χ1) is 5.11. The monoisotopic (exact) mass is 215 g/mol. The van der Waals surface area contributed by atoms with Crippen LogP contribution in [0.5, 0.6) is 5.75 Å². The first-order valence-electron chi connectivity index (χ1n) is 3.35. The molecule has 3 N–H and O–H groups in total. The molecule has 0 aliphatic heterocycles. The molecule has 60 valence electrons. The molecule has 2 nitrogen and oxygen atoms in total. The van der Waals surface area contributed by atoms with Gasteiger partial charge in [-0.1, -0.05) is 6.07 Å². The van der Waals surface area contributed by atoms with E-state index >= 15 is 0 Å². The molecule has 0 spiro atoms. The second-order valence-corrected chi connectivity index (χ2v) is 3.35. The van der Waals surface area contributed by atoms with Crippen LogP contribution in [0.4, 0.5) is 0 Å². The van der Waals surface area contributed by atoms with E-state index in [1.165, 1.54) is 0 Å². The van der Waals surface area contributed by atoms with Gasteiger partial charge in [-0.05, 0) is 40.5 Å². The molecule has 0 aliphatic rings. The summed E-state index contributed by atoms with van der Waals surface area (Å²) in [5.74, 6) is 0.245. The highest BCUT2D eigenvalue weighted by Crippen LogP contribution is 2.25. The molecule has 0 aromatic heterocycles. The van der Waals surface area contributed by atoms with Crippen molar-refractivity contribution < 1.29 is 5.11 Å². The number of benzene rings is 1. The average molecular weight is 216 g/mol. The molecular formula is C8H10BrNO. The van der Waals surface area contributed by atoms with Crippen molar-refractivity contribution in [1.29, 1.82) is 0 Å². The van der Waals surface area contributed by atoms with Gasteiger partial charge in [0, 0.05) is 6.04 Å². The molecule has 1 aromatic rings. The summed E-state index contributed by atoms with van der Waals surface area (Å²) in [4.78, 5) is 0. The third-order valence-corrected chi connectivity index (χ3v) is 2.13. The summed E-state index contributed by atoms with van der Waals surface area (Å²) in [6.45, 7) is 1.90. The van der Waals surface area contributed by atoms with Crippen molar-refractivity contribution in [2.75, 3.05) is 0 Å². The minimum atomic E-state index is 0.00639. The highest BCUT2D eigenvalue weighted by atomic mass is 79.9. The van der Waals surface area contributed by atoms with Crippen LogP contribution in [0.1, 0.15) is 18.5 Å². The predicted molar refractivity (Wildman–Crippen MR) is 48.4 cm³/mol. The van der Waals surface area contributed by atoms with Crippen molar-refractivity contribution in [1.82, 2.24) is 0 Å². The molecule has 0 bridgehead atoms. The van der Waals surface area contributed by atoms with E-state index in [4.69, 9.17) is 10.8 Å². The van der Waals surface area contributed by atoms with Crippen molar-refractivity contribution in [2.24, 2.45) is 5.73 Å². The van der Waals surface area contributed by atoms with Crippen LogP contribution < -0.4 is 5.73 Å². The minimum absolute atomic E-state index is 0.00639. The molecule has 0 saturated carbocycles. The van der Waals surface area contributed by atoms with Gasteiger partial charge in [-0.15, -0.1) is 0 Å². The molecule has 0 radical (unpaired) electrons. The van der Waals surface area contributed by atoms with Gasteiger partial charge in [-0.2, -0.15) is 0 Å². The molecule has 0 unspecified atom stereocenters. The zero-order chi connectivity index (χ0) is 8.43. The Bertz CT molecular complexity index is 260. The predicted octanol–water partition coefficient (Wildman–Crippen LogP) is 2.17. The minimum Gasteiger partial charge on any atom is -0.507 e. The molecule has 1 rings (SSSR count). The van der Waals surface area contributed by atoms with Crippen LogP contribution in [-0.2, 0) is 0 Å². The van der Waals surface area contributed by atoms with Gasteiger partial charge in [-0.25, -0.2) is 0 Å². The molecule has 0 aliphatic carbocycles. The first kappa shape index (κ1) is 8.56. The van der Waals surface area contributed by atoms with Gasteiger partial charge in [0.15, 0.2) is 0 Å². The summed E-state index contributed by atoms with van der Waals surface area (Å²) in [6.07, 6.45) is 0. The maximum atomic E-state index is 9.14. The Labute approximate surface area is 74.2 Å². The lowest BCUT2D eigenvalue weighted by Gasteiger charge is -2.05. The summed E-state index contributed by atoms with van der Waals surface area (Å²) in [5.41, 5.74) is 6.64. The van der Waals surface area contributed by atoms with Crippen LogP contribution in [0.2, 0.25) is 0 Å². The number of phenolic OH excluding ortho intramolecular Hbond substituents is 1. The fourth-order valence-corrected chi connectivity index (χ4v) is 1.20. The number of rotatable bonds is 1. The standard InChI is InChI=1S/C8H10BrNO/c1-5(10)6-2-3-8(11)7(9)4-6/h2-5,11H,10H2,1H3/t5-/m1/s1. The van der Waals surface area contributed by atoms with Gasteiger partial charge < -0.3 is 10.8 Å². The second kappa shape index (κ2) is 3.24. The Hall–Kier alpha value is -0.540. The number of phenols is 1. The van der Waals surface area contributed by atoms with Crippen LogP contribution in [-0.4, -0.2) is 5.11 Å². The normalized spacial score (nSPS) is 13.0. The van der Waals surface area contributed by atoms with Crippen LogP contribution in [0, 0.1) is 0 Å². The lowest BCUT2D eigenvalue weighted by molar-refractivity contribution is 0.471. The Morgan fingerprint density at radius 1 is 1.55 bits per heavy atom. The number of aromatic hydroxyl groups is 1. The Kier molecular flexibility index (Phi) is 2.52. The van der Waals surface area contributed by atoms with E-state index in [-0.39, 0.29) is 11.8 Å². The fraction of sp³-hybridized carbons (Fsp3) is 0.250. The number of hydrogen-bond donors (Lipinski definition) is 2. The van der Waals surface area contributed by atoms with E-state index in [1.807, 2.05) is 19.1 Å². The van der Waals surface area contributed by atoms with Crippen LogP contribution in [0.3, 0.4) is 0 Å². The first-order valence-corrected chi connectivity index (χ1v) is 4.14. The third-order valence-electron chi connectivity index (χ3n) is 1.50. The van der Waals surface area contributed by atoms with Crippen molar-refractivity contribution in [3.05, 3.63) is 28.2 Å². The fourth-order valence-electron chi connectivity index (χ4n) is 0.806. The lowest BCUT2D eigenvalue weighted by Crippen LogP contribution is -2.04. The number of hydrogen-bond acceptors (Lipinski definition) is 2. The SMILES string of the molecule is C[C@@H](N)c1ccc(O)c(Br)c1. The molecule has 1 aromatic carbocycles. The van der Waals surface area contributed by atoms with Gasteiger partial charge in [0.1, 0.15) is 5.75 Å². The molecule has 1 atom stereocenters. The topological polar surface area (TPSA) is 46.2 Å². The van der Waals surface area contributed by atoms with Crippen LogP contribution >= 0.6 is 15.9 Å². The average Bonchev–Trinajstić information content (AvgIpc) is 1.94. The second-order valence-electron chi connectivity index (χ2n) is 2.50. The largest absolute Gasteiger partial charge is 0.507 e. The lowest BCUT2D eigenvalue weighted by atomic mass is 10.1. The van der Waals surface area contributed by atoms with E-state index in [0.29, 0.717) is 4.47 Å². The highest BCUT2D eigenvalue weighted by Gasteiger charge is 2.02. The van der Waals surface area contributed by atoms with E-state index in [1.54, 1.807) is 6.07 Å². The Balaban J connectivity index is 3.05. The van der Waals surface area contributed by atoms with Crippen molar-refractivity contribution in [3.8, 4) is 5.75 Å². The molecule has 0 heterocycles. The maximum absolute atomic E-state index is 9.14. The van der Waals surface area contributed by atoms with E-state index < -0.39 is 0 Å². The zero-order valence-corrected chi connectivity index (χ0v) is 7.80. The summed E-state index contributed by atoms with van der Waals surface area (Å²) in [7, 11) is 0. The maximum Gasteiger partial charge on any atom is 0.129 e. The Morgan fingerprint density at radius 2 is 2.18 bits per heavy atom. The summed E-state index contributed by atoms with van der Waals surface area (Å²) < 4.78 is 0.687. The molecule has 3 heteroatoms. The summed E-state index contributed by atoms with van der Waals surface area (Å²) in [6, 6.07) is 5.26. The molecule has 0 amide bonds. The zero-order valence-electron chi connectivity index (χ0n) is 6.21. The van der Waals surface area contributed by atoms with Gasteiger partial charge >= 0.3 is 0 Å². The van der Waals surface area contributed by atoms with E-state index in [2.05, 4.69) is 15.9 Å². The smallest absolute Gasteiger partial charge is 0.129 e. The third kappa shape index (κ3) is 1.94. The quantitative estimate of drug-likeness (QED) is 0.755. The van der Waals surface area contributed by atoms with Gasteiger partial charge in [0.05, 0.1) is 4.47 Å². The van der Waals surface area contributed by atoms with Crippen molar-refractivity contribution in [2.45, 2.75) is 13.0 Å². The molecule has 0 saturated heterocycles. The summed E-state index contributed by atoms with van der Waals surface area (Å²) >= 11 is 3.21. The number of nitrogens with two attached hydrogens (primary N) is 1. The Morgan fingerprint density at radius 3 is 2.64 bits per heavy atom. The highest BCUT2D eigenvalue weighted by molar-refractivity contribution is 9.10. The van der Waals surface area contributed by atoms with Gasteiger partial charge in [0.2, 0.25) is 0 Å². The van der Waals surface area contributed by atoms with Crippen molar-refractivity contribution >= 4 is 15.9 Å². The summed E-state index contributed by atoms with van der Waals surface area (Å²) in [5, 5.41) is 9.14. The van der Waals surface area contributed by atoms with Crippen LogP contribution in [0.25, 0.3) is 0 Å². The molecule has 0 fully saturated rings. The van der Waals surface area contributed by atoms with E-state index in [9.17, 15) is 0 Å². The molecule has 11 heavy (non-hydrogen) atoms. The van der Waals surface area contributed by atoms with Gasteiger partial charge in [-0.3, -0.25) is 0 Å². The van der Waals surface area contributed by atoms with Crippen molar-refractivity contribution in [3.63, 3.8) is 0 Å². The van der Waals surface area contributed by atoms with Gasteiger partial charge in [0.25, 0.3) is 0 Å². The molecular weight excluding hydrogens is 206 g/mol. The van der Waals surface area contributed by atoms with Crippen LogP contribution in [0.15, 0.2) is 22.7 Å². The number of halogens is 1. The van der Waals surface area contributed by atoms with E-state index in [0.717, 1.165) is 5.56 Å².